The summed E-state index contributed by atoms with van der Waals surface area (Å²) in [6, 6.07) is 0. The molecule has 0 nitrogen and oxygen atoms in total. The third kappa shape index (κ3) is 20.0. The van der Waals surface area contributed by atoms with E-state index in [1.807, 2.05) is 27.7 Å². The van der Waals surface area contributed by atoms with Gasteiger partial charge in [0.2, 0.25) is 0 Å². The Kier molecular flexibility index (Phi) is 30.8. The fourth-order valence-electron chi connectivity index (χ4n) is 2.80. The third-order valence-electron chi connectivity index (χ3n) is 4.05. The van der Waals surface area contributed by atoms with Crippen molar-refractivity contribution in [2.45, 2.75) is 126 Å². The van der Waals surface area contributed by atoms with Gasteiger partial charge in [0.05, 0.1) is 0 Å². The van der Waals surface area contributed by atoms with Crippen LogP contribution in [0.4, 0.5) is 0 Å². The van der Waals surface area contributed by atoms with E-state index in [1.54, 1.807) is 0 Å². The topological polar surface area (TPSA) is 0 Å². The van der Waals surface area contributed by atoms with E-state index in [4.69, 9.17) is 0 Å². The van der Waals surface area contributed by atoms with Crippen LogP contribution in [0.15, 0.2) is 0 Å². The van der Waals surface area contributed by atoms with Crippen LogP contribution in [0.5, 0.6) is 0 Å². The standard InChI is InChI=1S/C9H18.C5H10.C3H8.2C2H6/c1-3-8-5-6-9(4-2)7-8;1-2-4-5-3-1;1-3-2;2*1-2/h8-9H,3-7H2,1-2H3;1-5H2;3H2,1-2H3;2*1-2H3. The van der Waals surface area contributed by atoms with Gasteiger partial charge in [-0.2, -0.15) is 0 Å². The molecule has 0 heterocycles. The lowest BCUT2D eigenvalue weighted by Crippen LogP contribution is -1.92. The quantitative estimate of drug-likeness (QED) is 0.478. The monoisotopic (exact) mass is 300 g/mol. The molecule has 2 fully saturated rings. The summed E-state index contributed by atoms with van der Waals surface area (Å²) >= 11 is 0. The molecule has 0 spiro atoms. The number of hydrogen-bond donors (Lipinski definition) is 0. The van der Waals surface area contributed by atoms with E-state index in [0.717, 1.165) is 11.8 Å². The lowest BCUT2D eigenvalue weighted by Gasteiger charge is -2.05. The van der Waals surface area contributed by atoms with Crippen molar-refractivity contribution < 1.29 is 0 Å². The van der Waals surface area contributed by atoms with Crippen molar-refractivity contribution in [3.8, 4) is 0 Å². The molecule has 0 aromatic rings. The molecule has 2 rings (SSSR count). The van der Waals surface area contributed by atoms with Crippen LogP contribution in [0.2, 0.25) is 0 Å². The maximum absolute atomic E-state index is 2.32. The molecule has 0 N–H and O–H groups in total. The SMILES string of the molecule is C1CCCC1.CC.CC.CCC.CCC1CCC(CC)C1. The van der Waals surface area contributed by atoms with E-state index in [0.29, 0.717) is 0 Å². The molecule has 2 aliphatic rings. The molecule has 0 aliphatic heterocycles. The van der Waals surface area contributed by atoms with Gasteiger partial charge >= 0.3 is 0 Å². The van der Waals surface area contributed by atoms with Crippen LogP contribution in [-0.2, 0) is 0 Å². The summed E-state index contributed by atoms with van der Waals surface area (Å²) < 4.78 is 0. The second-order valence-electron chi connectivity index (χ2n) is 5.84. The minimum absolute atomic E-state index is 1.08. The lowest BCUT2D eigenvalue weighted by molar-refractivity contribution is 0.471. The Morgan fingerprint density at radius 2 is 0.810 bits per heavy atom. The zero-order valence-electron chi connectivity index (χ0n) is 16.9. The Morgan fingerprint density at radius 1 is 0.571 bits per heavy atom. The van der Waals surface area contributed by atoms with Gasteiger partial charge in [0.1, 0.15) is 0 Å². The molecule has 0 aromatic carbocycles. The second kappa shape index (κ2) is 25.0. The summed E-state index contributed by atoms with van der Waals surface area (Å²) in [6.45, 7) is 16.9. The molecule has 2 aliphatic carbocycles. The van der Waals surface area contributed by atoms with E-state index in [1.165, 1.54) is 70.6 Å². The maximum Gasteiger partial charge on any atom is -0.0414 e. The van der Waals surface area contributed by atoms with E-state index >= 15 is 0 Å². The van der Waals surface area contributed by atoms with Crippen LogP contribution in [0.25, 0.3) is 0 Å². The first kappa shape index (κ1) is 25.9. The zero-order chi connectivity index (χ0) is 16.9. The summed E-state index contributed by atoms with van der Waals surface area (Å²) in [6.07, 6.45) is 16.1. The molecule has 0 bridgehead atoms. The van der Waals surface area contributed by atoms with Gasteiger partial charge in [0.15, 0.2) is 0 Å². The fourth-order valence-corrected chi connectivity index (χ4v) is 2.80. The van der Waals surface area contributed by atoms with Gasteiger partial charge < -0.3 is 0 Å². The highest BCUT2D eigenvalue weighted by Crippen LogP contribution is 2.34. The maximum atomic E-state index is 2.32. The summed E-state index contributed by atoms with van der Waals surface area (Å²) in [4.78, 5) is 0. The van der Waals surface area contributed by atoms with Crippen LogP contribution in [0.3, 0.4) is 0 Å². The van der Waals surface area contributed by atoms with Crippen molar-refractivity contribution in [2.75, 3.05) is 0 Å². The second-order valence-corrected chi connectivity index (χ2v) is 5.84. The van der Waals surface area contributed by atoms with Crippen LogP contribution in [0, 0.1) is 11.8 Å². The molecular weight excluding hydrogens is 252 g/mol. The number of hydrogen-bond acceptors (Lipinski definition) is 0. The van der Waals surface area contributed by atoms with Crippen molar-refractivity contribution in [3.63, 3.8) is 0 Å². The molecule has 2 saturated carbocycles. The Bertz CT molecular complexity index is 117. The molecule has 2 atom stereocenters. The van der Waals surface area contributed by atoms with Crippen LogP contribution >= 0.6 is 0 Å². The average Bonchev–Trinajstić information content (AvgIpc) is 3.26. The first-order valence-electron chi connectivity index (χ1n) is 10.3. The Balaban J connectivity index is -0.000000230. The first-order valence-corrected chi connectivity index (χ1v) is 10.3. The predicted molar refractivity (Wildman–Crippen MR) is 103 cm³/mol. The van der Waals surface area contributed by atoms with Gasteiger partial charge in [0, 0.05) is 0 Å². The predicted octanol–water partition coefficient (Wildman–Crippen LogP) is 8.64. The molecule has 0 amide bonds. The molecule has 132 valence electrons. The molecule has 0 radical (unpaired) electrons. The van der Waals surface area contributed by atoms with Crippen LogP contribution in [-0.4, -0.2) is 0 Å². The van der Waals surface area contributed by atoms with Crippen molar-refractivity contribution in [2.24, 2.45) is 11.8 Å². The van der Waals surface area contributed by atoms with Crippen LogP contribution < -0.4 is 0 Å². The summed E-state index contributed by atoms with van der Waals surface area (Å²) in [7, 11) is 0. The Hall–Kier alpha value is 0. The smallest absolute Gasteiger partial charge is 0.0414 e. The molecule has 0 saturated heterocycles. The summed E-state index contributed by atoms with van der Waals surface area (Å²) in [5.74, 6) is 2.16. The normalized spacial score (nSPS) is 22.3. The molecule has 0 aromatic heterocycles. The molecule has 0 heteroatoms. The minimum atomic E-state index is 1.08. The van der Waals surface area contributed by atoms with Gasteiger partial charge in [-0.25, -0.2) is 0 Å². The molecule has 21 heavy (non-hydrogen) atoms. The van der Waals surface area contributed by atoms with E-state index in [9.17, 15) is 0 Å². The van der Waals surface area contributed by atoms with Gasteiger partial charge in [0.25, 0.3) is 0 Å². The molecular formula is C21H48. The average molecular weight is 301 g/mol. The van der Waals surface area contributed by atoms with E-state index in [-0.39, 0.29) is 0 Å². The van der Waals surface area contributed by atoms with Gasteiger partial charge in [-0.05, 0) is 18.3 Å². The van der Waals surface area contributed by atoms with E-state index < -0.39 is 0 Å². The first-order chi connectivity index (χ1) is 10.3. The fraction of sp³-hybridized carbons (Fsp3) is 1.00. The van der Waals surface area contributed by atoms with Gasteiger partial charge in [-0.1, -0.05) is 120 Å². The zero-order valence-corrected chi connectivity index (χ0v) is 16.9. The number of rotatable bonds is 2. The lowest BCUT2D eigenvalue weighted by atomic mass is 10.0. The van der Waals surface area contributed by atoms with E-state index in [2.05, 4.69) is 27.7 Å². The third-order valence-corrected chi connectivity index (χ3v) is 4.05. The highest BCUT2D eigenvalue weighted by atomic mass is 14.3. The van der Waals surface area contributed by atoms with Crippen molar-refractivity contribution in [1.29, 1.82) is 0 Å². The van der Waals surface area contributed by atoms with Crippen LogP contribution in [0.1, 0.15) is 126 Å². The van der Waals surface area contributed by atoms with Crippen molar-refractivity contribution >= 4 is 0 Å². The molecule has 2 unspecified atom stereocenters. The van der Waals surface area contributed by atoms with Crippen molar-refractivity contribution in [1.82, 2.24) is 0 Å². The van der Waals surface area contributed by atoms with Gasteiger partial charge in [-0.15, -0.1) is 0 Å². The minimum Gasteiger partial charge on any atom is -0.0683 e. The highest BCUT2D eigenvalue weighted by Gasteiger charge is 2.20. The summed E-state index contributed by atoms with van der Waals surface area (Å²) in [5, 5.41) is 0. The summed E-state index contributed by atoms with van der Waals surface area (Å²) in [5.41, 5.74) is 0. The van der Waals surface area contributed by atoms with Crippen molar-refractivity contribution in [3.05, 3.63) is 0 Å². The largest absolute Gasteiger partial charge is 0.0683 e. The highest BCUT2D eigenvalue weighted by molar-refractivity contribution is 4.73. The Morgan fingerprint density at radius 3 is 0.952 bits per heavy atom. The van der Waals surface area contributed by atoms with Gasteiger partial charge in [-0.3, -0.25) is 0 Å². The Labute approximate surface area is 138 Å².